The number of aromatic nitrogens is 3. The van der Waals surface area contributed by atoms with Gasteiger partial charge in [-0.1, -0.05) is 12.1 Å². The number of nitrogens with zero attached hydrogens (tertiary/aromatic N) is 4. The smallest absolute Gasteiger partial charge is 0.405 e. The maximum atomic E-state index is 11.1. The number of rotatable bonds is 6. The number of amides is 1. The number of nitrogens with one attached hydrogen (secondary N) is 1. The molecule has 0 unspecified atom stereocenters. The van der Waals surface area contributed by atoms with Gasteiger partial charge in [-0.25, -0.2) is 9.78 Å². The average molecular weight is 317 g/mol. The number of nitro groups is 1. The maximum absolute atomic E-state index is 11.1. The minimum Gasteiger partial charge on any atom is -0.465 e. The van der Waals surface area contributed by atoms with E-state index in [4.69, 9.17) is 5.11 Å². The first-order valence-corrected chi connectivity index (χ1v) is 6.68. The largest absolute Gasteiger partial charge is 0.465 e. The molecule has 0 radical (unpaired) electrons. The normalized spacial score (nSPS) is 11.7. The van der Waals surface area contributed by atoms with Crippen LogP contribution < -0.4 is 5.32 Å². The Labute approximate surface area is 131 Å². The summed E-state index contributed by atoms with van der Waals surface area (Å²) in [7, 11) is 1.58. The Morgan fingerprint density at radius 2 is 2.35 bits per heavy atom. The fraction of sp³-hybridized carbons (Fsp3) is 0.214. The van der Waals surface area contributed by atoms with Crippen LogP contribution in [0.5, 0.6) is 0 Å². The van der Waals surface area contributed by atoms with Crippen molar-refractivity contribution in [2.45, 2.75) is 12.5 Å². The highest BCUT2D eigenvalue weighted by molar-refractivity contribution is 5.67. The van der Waals surface area contributed by atoms with Crippen molar-refractivity contribution < 1.29 is 14.8 Å². The second-order valence-electron chi connectivity index (χ2n) is 4.73. The van der Waals surface area contributed by atoms with Crippen molar-refractivity contribution in [2.24, 2.45) is 7.05 Å². The van der Waals surface area contributed by atoms with E-state index in [9.17, 15) is 14.9 Å². The van der Waals surface area contributed by atoms with Crippen molar-refractivity contribution in [1.82, 2.24) is 20.1 Å². The Bertz CT molecular complexity index is 755. The van der Waals surface area contributed by atoms with Crippen molar-refractivity contribution >= 4 is 11.8 Å². The zero-order valence-corrected chi connectivity index (χ0v) is 12.3. The van der Waals surface area contributed by atoms with Gasteiger partial charge in [0.05, 0.1) is 22.4 Å². The highest BCUT2D eigenvalue weighted by Gasteiger charge is 2.23. The van der Waals surface area contributed by atoms with Crippen LogP contribution in [-0.2, 0) is 7.05 Å². The van der Waals surface area contributed by atoms with E-state index in [1.54, 1.807) is 31.3 Å². The molecule has 2 heterocycles. The van der Waals surface area contributed by atoms with Gasteiger partial charge in [-0.3, -0.25) is 14.8 Å². The SMILES string of the molecule is C=CC[C@H](NC(=O)O)c1cccc(-c2c([N+](=O)[O-])cnn2C)n1. The predicted molar refractivity (Wildman–Crippen MR) is 81.8 cm³/mol. The quantitative estimate of drug-likeness (QED) is 0.478. The molecule has 0 spiro atoms. The molecule has 0 saturated heterocycles. The van der Waals surface area contributed by atoms with Gasteiger partial charge in [-0.15, -0.1) is 6.58 Å². The van der Waals surface area contributed by atoms with Gasteiger partial charge in [0.1, 0.15) is 6.20 Å². The minimum atomic E-state index is -1.18. The van der Waals surface area contributed by atoms with Crippen molar-refractivity contribution in [3.8, 4) is 11.4 Å². The summed E-state index contributed by atoms with van der Waals surface area (Å²) in [5.41, 5.74) is 0.879. The van der Waals surface area contributed by atoms with Gasteiger partial charge in [-0.2, -0.15) is 5.10 Å². The van der Waals surface area contributed by atoms with Crippen molar-refractivity contribution in [3.05, 3.63) is 52.9 Å². The fourth-order valence-corrected chi connectivity index (χ4v) is 2.20. The molecule has 2 aromatic heterocycles. The van der Waals surface area contributed by atoms with Crippen LogP contribution in [0.25, 0.3) is 11.4 Å². The van der Waals surface area contributed by atoms with E-state index in [1.165, 1.54) is 4.68 Å². The maximum Gasteiger partial charge on any atom is 0.405 e. The number of aryl methyl sites for hydroxylation is 1. The van der Waals surface area contributed by atoms with Gasteiger partial charge in [0.25, 0.3) is 0 Å². The first kappa shape index (κ1) is 16.1. The van der Waals surface area contributed by atoms with Crippen molar-refractivity contribution in [2.75, 3.05) is 0 Å². The Balaban J connectivity index is 2.47. The molecule has 0 saturated carbocycles. The van der Waals surface area contributed by atoms with Crippen LogP contribution in [0.4, 0.5) is 10.5 Å². The molecule has 2 rings (SSSR count). The monoisotopic (exact) mass is 317 g/mol. The molecule has 0 aliphatic rings. The molecule has 23 heavy (non-hydrogen) atoms. The lowest BCUT2D eigenvalue weighted by Crippen LogP contribution is -2.27. The summed E-state index contributed by atoms with van der Waals surface area (Å²) in [4.78, 5) is 25.8. The number of carbonyl (C=O) groups is 1. The number of pyridine rings is 1. The molecule has 1 amide bonds. The Morgan fingerprint density at radius 3 is 2.96 bits per heavy atom. The molecule has 2 N–H and O–H groups in total. The first-order valence-electron chi connectivity index (χ1n) is 6.68. The zero-order chi connectivity index (χ0) is 17.0. The van der Waals surface area contributed by atoms with Crippen LogP contribution in [0.3, 0.4) is 0 Å². The standard InChI is InChI=1S/C14H15N5O4/c1-3-5-9(17-14(20)21)10-6-4-7-11(16-10)13-12(19(22)23)8-15-18(13)2/h3-4,6-9,17H,1,5H2,2H3,(H,20,21)/t9-/m0/s1. The highest BCUT2D eigenvalue weighted by atomic mass is 16.6. The van der Waals surface area contributed by atoms with Gasteiger partial charge < -0.3 is 10.4 Å². The number of hydrogen-bond acceptors (Lipinski definition) is 5. The molecular weight excluding hydrogens is 302 g/mol. The molecule has 9 nitrogen and oxygen atoms in total. The summed E-state index contributed by atoms with van der Waals surface area (Å²) in [6.45, 7) is 3.59. The molecular formula is C14H15N5O4. The first-order chi connectivity index (χ1) is 10.9. The van der Waals surface area contributed by atoms with Crippen LogP contribution in [0.15, 0.2) is 37.1 Å². The van der Waals surface area contributed by atoms with Crippen molar-refractivity contribution in [3.63, 3.8) is 0 Å². The van der Waals surface area contributed by atoms with E-state index in [2.05, 4.69) is 22.0 Å². The fourth-order valence-electron chi connectivity index (χ4n) is 2.20. The summed E-state index contributed by atoms with van der Waals surface area (Å²) < 4.78 is 1.36. The highest BCUT2D eigenvalue weighted by Crippen LogP contribution is 2.28. The third kappa shape index (κ3) is 3.51. The van der Waals surface area contributed by atoms with Crippen molar-refractivity contribution in [1.29, 1.82) is 0 Å². The summed E-state index contributed by atoms with van der Waals surface area (Å²) >= 11 is 0. The van der Waals surface area contributed by atoms with Crippen LogP contribution >= 0.6 is 0 Å². The molecule has 1 atom stereocenters. The van der Waals surface area contributed by atoms with E-state index in [-0.39, 0.29) is 11.4 Å². The van der Waals surface area contributed by atoms with Crippen LogP contribution in [-0.4, -0.2) is 30.9 Å². The summed E-state index contributed by atoms with van der Waals surface area (Å²) in [6, 6.07) is 4.33. The Hall–Kier alpha value is -3.23. The molecule has 0 aromatic carbocycles. The van der Waals surface area contributed by atoms with Gasteiger partial charge >= 0.3 is 11.8 Å². The Kier molecular flexibility index (Phi) is 4.69. The van der Waals surface area contributed by atoms with Gasteiger partial charge in [0.2, 0.25) is 0 Å². The van der Waals surface area contributed by atoms with Crippen LogP contribution in [0.1, 0.15) is 18.2 Å². The second-order valence-corrected chi connectivity index (χ2v) is 4.73. The van der Waals surface area contributed by atoms with E-state index >= 15 is 0 Å². The summed E-state index contributed by atoms with van der Waals surface area (Å²) in [5, 5.41) is 26.2. The lowest BCUT2D eigenvalue weighted by Gasteiger charge is -2.15. The van der Waals surface area contributed by atoms with E-state index < -0.39 is 17.1 Å². The van der Waals surface area contributed by atoms with E-state index in [0.717, 1.165) is 6.20 Å². The molecule has 0 aliphatic carbocycles. The van der Waals surface area contributed by atoms with Gasteiger partial charge in [0, 0.05) is 7.05 Å². The lowest BCUT2D eigenvalue weighted by molar-refractivity contribution is -0.384. The lowest BCUT2D eigenvalue weighted by atomic mass is 10.1. The van der Waals surface area contributed by atoms with E-state index in [1.807, 2.05) is 0 Å². The number of carboxylic acid groups (broad SMARTS) is 1. The second kappa shape index (κ2) is 6.69. The predicted octanol–water partition coefficient (Wildman–Crippen LogP) is 2.28. The van der Waals surface area contributed by atoms with E-state index in [0.29, 0.717) is 17.8 Å². The molecule has 0 aliphatic heterocycles. The third-order valence-electron chi connectivity index (χ3n) is 3.19. The molecule has 0 fully saturated rings. The third-order valence-corrected chi connectivity index (χ3v) is 3.19. The number of hydrogen-bond donors (Lipinski definition) is 2. The molecule has 0 bridgehead atoms. The zero-order valence-electron chi connectivity index (χ0n) is 12.3. The molecule has 9 heteroatoms. The van der Waals surface area contributed by atoms with Gasteiger partial charge in [-0.05, 0) is 18.6 Å². The minimum absolute atomic E-state index is 0.163. The Morgan fingerprint density at radius 1 is 1.61 bits per heavy atom. The summed E-state index contributed by atoms with van der Waals surface area (Å²) in [5.74, 6) is 0. The van der Waals surface area contributed by atoms with Crippen LogP contribution in [0, 0.1) is 10.1 Å². The van der Waals surface area contributed by atoms with Gasteiger partial charge in [0.15, 0.2) is 5.69 Å². The molecule has 2 aromatic rings. The molecule has 120 valence electrons. The van der Waals surface area contributed by atoms with Crippen LogP contribution in [0.2, 0.25) is 0 Å². The topological polar surface area (TPSA) is 123 Å². The summed E-state index contributed by atoms with van der Waals surface area (Å²) in [6.07, 6.45) is 1.88. The average Bonchev–Trinajstić information content (AvgIpc) is 2.88.